The van der Waals surface area contributed by atoms with E-state index in [1.165, 1.54) is 19.4 Å². The topological polar surface area (TPSA) is 42.3 Å². The Morgan fingerprint density at radius 3 is 3.26 bits per heavy atom. The SMILES string of the molecule is CC(C)Nc1nccn1CC1CN2CCCC2CO1. The van der Waals surface area contributed by atoms with Gasteiger partial charge in [0, 0.05) is 31.0 Å². The highest BCUT2D eigenvalue weighted by atomic mass is 16.5. The molecule has 2 unspecified atom stereocenters. The van der Waals surface area contributed by atoms with Gasteiger partial charge in [0.2, 0.25) is 5.95 Å². The molecular formula is C14H24N4O. The van der Waals surface area contributed by atoms with E-state index in [1.54, 1.807) is 0 Å². The van der Waals surface area contributed by atoms with Gasteiger partial charge in [-0.1, -0.05) is 0 Å². The predicted molar refractivity (Wildman–Crippen MR) is 75.3 cm³/mol. The summed E-state index contributed by atoms with van der Waals surface area (Å²) in [5, 5.41) is 3.37. The minimum atomic E-state index is 0.288. The van der Waals surface area contributed by atoms with E-state index in [2.05, 4.69) is 33.6 Å². The van der Waals surface area contributed by atoms with Gasteiger partial charge in [-0.05, 0) is 33.2 Å². The number of hydrogen-bond acceptors (Lipinski definition) is 4. The molecule has 1 aromatic rings. The molecule has 2 atom stereocenters. The molecular weight excluding hydrogens is 240 g/mol. The number of anilines is 1. The molecule has 3 heterocycles. The van der Waals surface area contributed by atoms with Crippen molar-refractivity contribution in [3.63, 3.8) is 0 Å². The zero-order valence-electron chi connectivity index (χ0n) is 11.9. The average Bonchev–Trinajstić information content (AvgIpc) is 2.98. The van der Waals surface area contributed by atoms with Crippen LogP contribution in [0.4, 0.5) is 5.95 Å². The molecule has 2 aliphatic heterocycles. The zero-order valence-corrected chi connectivity index (χ0v) is 11.9. The Bertz CT molecular complexity index is 417. The van der Waals surface area contributed by atoms with Crippen molar-refractivity contribution in [2.75, 3.05) is 25.0 Å². The highest BCUT2D eigenvalue weighted by Gasteiger charge is 2.32. The van der Waals surface area contributed by atoms with Crippen LogP contribution in [-0.2, 0) is 11.3 Å². The first-order valence-electron chi connectivity index (χ1n) is 7.35. The van der Waals surface area contributed by atoms with Gasteiger partial charge in [-0.25, -0.2) is 4.98 Å². The first-order chi connectivity index (χ1) is 9.22. The van der Waals surface area contributed by atoms with Crippen molar-refractivity contribution in [2.45, 2.75) is 51.4 Å². The maximum absolute atomic E-state index is 6.01. The molecule has 5 heteroatoms. The summed E-state index contributed by atoms with van der Waals surface area (Å²) in [6.07, 6.45) is 6.80. The Morgan fingerprint density at radius 1 is 1.53 bits per heavy atom. The van der Waals surface area contributed by atoms with Crippen LogP contribution in [0.5, 0.6) is 0 Å². The molecule has 1 N–H and O–H groups in total. The number of imidazole rings is 1. The summed E-state index contributed by atoms with van der Waals surface area (Å²) < 4.78 is 8.17. The summed E-state index contributed by atoms with van der Waals surface area (Å²) in [6, 6.07) is 1.07. The maximum Gasteiger partial charge on any atom is 0.203 e. The molecule has 0 aliphatic carbocycles. The van der Waals surface area contributed by atoms with Crippen LogP contribution in [0.15, 0.2) is 12.4 Å². The molecule has 0 bridgehead atoms. The molecule has 0 radical (unpaired) electrons. The lowest BCUT2D eigenvalue weighted by Crippen LogP contribution is -2.47. The molecule has 0 amide bonds. The first-order valence-corrected chi connectivity index (χ1v) is 7.35. The highest BCUT2D eigenvalue weighted by Crippen LogP contribution is 2.23. The van der Waals surface area contributed by atoms with Gasteiger partial charge in [-0.15, -0.1) is 0 Å². The van der Waals surface area contributed by atoms with Crippen molar-refractivity contribution in [3.05, 3.63) is 12.4 Å². The van der Waals surface area contributed by atoms with Gasteiger partial charge in [0.15, 0.2) is 0 Å². The van der Waals surface area contributed by atoms with E-state index in [0.717, 1.165) is 25.6 Å². The minimum absolute atomic E-state index is 0.288. The second-order valence-corrected chi connectivity index (χ2v) is 5.95. The molecule has 0 spiro atoms. The van der Waals surface area contributed by atoms with Crippen molar-refractivity contribution >= 4 is 5.95 Å². The largest absolute Gasteiger partial charge is 0.373 e. The number of nitrogens with zero attached hydrogens (tertiary/aromatic N) is 3. The molecule has 0 saturated carbocycles. The van der Waals surface area contributed by atoms with Crippen molar-refractivity contribution in [2.24, 2.45) is 0 Å². The third kappa shape index (κ3) is 2.92. The van der Waals surface area contributed by atoms with E-state index in [4.69, 9.17) is 4.74 Å². The van der Waals surface area contributed by atoms with E-state index < -0.39 is 0 Å². The van der Waals surface area contributed by atoms with E-state index in [9.17, 15) is 0 Å². The van der Waals surface area contributed by atoms with Gasteiger partial charge in [-0.2, -0.15) is 0 Å². The smallest absolute Gasteiger partial charge is 0.203 e. The Balaban J connectivity index is 1.60. The summed E-state index contributed by atoms with van der Waals surface area (Å²) in [5.74, 6) is 0.946. The standard InChI is InChI=1S/C14H24N4O/c1-11(2)16-14-15-5-7-18(14)9-13-8-17-6-3-4-12(17)10-19-13/h5,7,11-13H,3-4,6,8-10H2,1-2H3,(H,15,16). The van der Waals surface area contributed by atoms with Crippen LogP contribution in [-0.4, -0.2) is 52.3 Å². The number of aromatic nitrogens is 2. The molecule has 2 saturated heterocycles. The second kappa shape index (κ2) is 5.51. The average molecular weight is 264 g/mol. The summed E-state index contributed by atoms with van der Waals surface area (Å²) in [7, 11) is 0. The third-order valence-electron chi connectivity index (χ3n) is 4.00. The van der Waals surface area contributed by atoms with Crippen LogP contribution in [0.25, 0.3) is 0 Å². The number of morpholine rings is 1. The van der Waals surface area contributed by atoms with Crippen LogP contribution in [0.3, 0.4) is 0 Å². The number of rotatable bonds is 4. The van der Waals surface area contributed by atoms with Gasteiger partial charge in [-0.3, -0.25) is 4.90 Å². The molecule has 2 aliphatic rings. The molecule has 2 fully saturated rings. The molecule has 3 rings (SSSR count). The minimum Gasteiger partial charge on any atom is -0.373 e. The fourth-order valence-corrected chi connectivity index (χ4v) is 3.07. The summed E-state index contributed by atoms with van der Waals surface area (Å²) in [5.41, 5.74) is 0. The van der Waals surface area contributed by atoms with E-state index in [0.29, 0.717) is 12.1 Å². The number of hydrogen-bond donors (Lipinski definition) is 1. The number of fused-ring (bicyclic) bond motifs is 1. The van der Waals surface area contributed by atoms with Gasteiger partial charge in [0.1, 0.15) is 0 Å². The van der Waals surface area contributed by atoms with E-state index in [1.807, 2.05) is 12.4 Å². The van der Waals surface area contributed by atoms with Crippen molar-refractivity contribution in [3.8, 4) is 0 Å². The van der Waals surface area contributed by atoms with Crippen LogP contribution in [0.1, 0.15) is 26.7 Å². The van der Waals surface area contributed by atoms with Crippen molar-refractivity contribution < 1.29 is 4.74 Å². The van der Waals surface area contributed by atoms with Crippen LogP contribution in [0, 0.1) is 0 Å². The normalized spacial score (nSPS) is 27.7. The van der Waals surface area contributed by atoms with Gasteiger partial charge in [0.25, 0.3) is 0 Å². The monoisotopic (exact) mass is 264 g/mol. The van der Waals surface area contributed by atoms with Gasteiger partial charge >= 0.3 is 0 Å². The Labute approximate surface area is 114 Å². The lowest BCUT2D eigenvalue weighted by Gasteiger charge is -2.35. The lowest BCUT2D eigenvalue weighted by atomic mass is 10.2. The predicted octanol–water partition coefficient (Wildman–Crippen LogP) is 1.57. The van der Waals surface area contributed by atoms with Gasteiger partial charge in [0.05, 0.1) is 19.3 Å². The molecule has 19 heavy (non-hydrogen) atoms. The number of nitrogens with one attached hydrogen (secondary N) is 1. The van der Waals surface area contributed by atoms with Gasteiger partial charge < -0.3 is 14.6 Å². The maximum atomic E-state index is 6.01. The van der Waals surface area contributed by atoms with E-state index >= 15 is 0 Å². The summed E-state index contributed by atoms with van der Waals surface area (Å²) in [4.78, 5) is 6.95. The second-order valence-electron chi connectivity index (χ2n) is 5.95. The quantitative estimate of drug-likeness (QED) is 0.896. The number of ether oxygens (including phenoxy) is 1. The highest BCUT2D eigenvalue weighted by molar-refractivity contribution is 5.26. The van der Waals surface area contributed by atoms with E-state index in [-0.39, 0.29) is 6.10 Å². The van der Waals surface area contributed by atoms with Crippen LogP contribution in [0.2, 0.25) is 0 Å². The molecule has 1 aromatic heterocycles. The summed E-state index contributed by atoms with van der Waals surface area (Å²) in [6.45, 7) is 8.34. The molecule has 5 nitrogen and oxygen atoms in total. The Morgan fingerprint density at radius 2 is 2.42 bits per heavy atom. The Hall–Kier alpha value is -1.07. The van der Waals surface area contributed by atoms with Crippen LogP contribution >= 0.6 is 0 Å². The first kappa shape index (κ1) is 12.9. The fraction of sp³-hybridized carbons (Fsp3) is 0.786. The fourth-order valence-electron chi connectivity index (χ4n) is 3.07. The van der Waals surface area contributed by atoms with Crippen molar-refractivity contribution in [1.29, 1.82) is 0 Å². The van der Waals surface area contributed by atoms with Crippen LogP contribution < -0.4 is 5.32 Å². The molecule has 0 aromatic carbocycles. The molecule has 106 valence electrons. The third-order valence-corrected chi connectivity index (χ3v) is 4.00. The zero-order chi connectivity index (χ0) is 13.2. The van der Waals surface area contributed by atoms with Crippen molar-refractivity contribution in [1.82, 2.24) is 14.5 Å². The summed E-state index contributed by atoms with van der Waals surface area (Å²) >= 11 is 0. The lowest BCUT2D eigenvalue weighted by molar-refractivity contribution is -0.0549. The Kier molecular flexibility index (Phi) is 3.75.